The second-order valence-electron chi connectivity index (χ2n) is 7.79. The minimum atomic E-state index is -0.318. The van der Waals surface area contributed by atoms with Crippen LogP contribution < -0.4 is 5.73 Å². The van der Waals surface area contributed by atoms with Crippen LogP contribution in [-0.4, -0.2) is 5.91 Å². The predicted octanol–water partition coefficient (Wildman–Crippen LogP) is 3.92. The number of rotatable bonds is 3. The fourth-order valence-electron chi connectivity index (χ4n) is 5.97. The van der Waals surface area contributed by atoms with Crippen molar-refractivity contribution in [2.24, 2.45) is 23.0 Å². The van der Waals surface area contributed by atoms with Gasteiger partial charge >= 0.3 is 0 Å². The number of carbonyl (C=O) groups excluding carboxylic acids is 1. The lowest BCUT2D eigenvalue weighted by molar-refractivity contribution is -0.128. The van der Waals surface area contributed by atoms with Gasteiger partial charge in [-0.1, -0.05) is 72.3 Å². The molecule has 4 fully saturated rings. The smallest absolute Gasteiger partial charge is 0.224 e. The Morgan fingerprint density at radius 3 is 2.25 bits per heavy atom. The van der Waals surface area contributed by atoms with Crippen LogP contribution >= 0.6 is 0 Å². The molecule has 0 heterocycles. The maximum Gasteiger partial charge on any atom is 0.224 e. The Kier molecular flexibility index (Phi) is 2.69. The number of hydrogen-bond acceptors (Lipinski definition) is 1. The number of primary amides is 1. The third-order valence-electron chi connectivity index (χ3n) is 6.88. The van der Waals surface area contributed by atoms with E-state index in [4.69, 9.17) is 5.73 Å². The first kappa shape index (κ1) is 14.0. The highest BCUT2D eigenvalue weighted by molar-refractivity contribution is 5.86. The summed E-state index contributed by atoms with van der Waals surface area (Å²) in [4.78, 5) is 12.4. The summed E-state index contributed by atoms with van der Waals surface area (Å²) in [6.45, 7) is 0. The third-order valence-corrected chi connectivity index (χ3v) is 6.88. The minimum Gasteiger partial charge on any atom is -0.369 e. The topological polar surface area (TPSA) is 43.1 Å². The van der Waals surface area contributed by atoms with Gasteiger partial charge in [-0.2, -0.15) is 0 Å². The fraction of sp³-hybridized carbons (Fsp3) is 0.318. The van der Waals surface area contributed by atoms with Crippen molar-refractivity contribution in [3.8, 4) is 0 Å². The van der Waals surface area contributed by atoms with Crippen LogP contribution in [0.5, 0.6) is 0 Å². The van der Waals surface area contributed by atoms with E-state index < -0.39 is 0 Å². The molecule has 6 rings (SSSR count). The highest BCUT2D eigenvalue weighted by Gasteiger charge is 2.75. The summed E-state index contributed by atoms with van der Waals surface area (Å²) < 4.78 is 0. The highest BCUT2D eigenvalue weighted by atomic mass is 16.1. The zero-order valence-electron chi connectivity index (χ0n) is 13.6. The molecule has 0 spiro atoms. The number of allylic oxidation sites excluding steroid dienone is 1. The van der Waals surface area contributed by atoms with Gasteiger partial charge in [0.05, 0.1) is 5.41 Å². The van der Waals surface area contributed by atoms with Gasteiger partial charge in [-0.3, -0.25) is 4.79 Å². The molecule has 0 radical (unpaired) electrons. The first-order valence-electron chi connectivity index (χ1n) is 8.78. The van der Waals surface area contributed by atoms with E-state index >= 15 is 0 Å². The van der Waals surface area contributed by atoms with Gasteiger partial charge in [0.25, 0.3) is 0 Å². The molecule has 0 aliphatic heterocycles. The van der Waals surface area contributed by atoms with E-state index in [0.29, 0.717) is 11.8 Å². The van der Waals surface area contributed by atoms with E-state index in [1.54, 1.807) is 0 Å². The number of carbonyl (C=O) groups is 1. The molecule has 2 heteroatoms. The second kappa shape index (κ2) is 4.60. The molecule has 0 saturated heterocycles. The van der Waals surface area contributed by atoms with Crippen molar-refractivity contribution in [2.45, 2.75) is 24.7 Å². The van der Waals surface area contributed by atoms with E-state index in [-0.39, 0.29) is 16.7 Å². The number of nitrogens with two attached hydrogens (primary N) is 1. The fourth-order valence-corrected chi connectivity index (χ4v) is 5.97. The van der Waals surface area contributed by atoms with Crippen molar-refractivity contribution in [1.82, 2.24) is 0 Å². The molecular weight excluding hydrogens is 294 g/mol. The Morgan fingerprint density at radius 2 is 1.62 bits per heavy atom. The molecule has 1 amide bonds. The van der Waals surface area contributed by atoms with E-state index in [0.717, 1.165) is 19.3 Å². The van der Waals surface area contributed by atoms with Crippen LogP contribution in [-0.2, 0) is 10.2 Å². The molecule has 4 saturated carbocycles. The summed E-state index contributed by atoms with van der Waals surface area (Å²) in [5, 5.41) is 0. The number of hydrogen-bond donors (Lipinski definition) is 1. The van der Waals surface area contributed by atoms with E-state index in [1.807, 2.05) is 6.07 Å². The van der Waals surface area contributed by atoms with Crippen LogP contribution in [0, 0.1) is 17.3 Å². The number of benzene rings is 2. The van der Waals surface area contributed by atoms with E-state index in [1.165, 1.54) is 16.7 Å². The van der Waals surface area contributed by atoms with Gasteiger partial charge in [-0.05, 0) is 42.2 Å². The number of amides is 1. The van der Waals surface area contributed by atoms with Gasteiger partial charge in [-0.25, -0.2) is 0 Å². The normalized spacial score (nSPS) is 37.4. The molecule has 4 bridgehead atoms. The molecule has 2 aromatic rings. The highest BCUT2D eigenvalue weighted by Crippen LogP contribution is 2.78. The minimum absolute atomic E-state index is 0.0933. The third kappa shape index (κ3) is 1.59. The van der Waals surface area contributed by atoms with Crippen LogP contribution in [0.4, 0.5) is 0 Å². The first-order valence-corrected chi connectivity index (χ1v) is 8.78. The van der Waals surface area contributed by atoms with Gasteiger partial charge in [0, 0.05) is 5.41 Å². The standard InChI is InChI=1S/C22H21NO/c23-20(24)22-13-18-17(11-15-7-3-1-4-8-15)19(22)12-21(18,14-22)16-9-5-2-6-10-16/h1-11,18-19H,12-14H2,(H2,23,24)/b17-11-. The molecule has 2 N–H and O–H groups in total. The molecule has 24 heavy (non-hydrogen) atoms. The lowest BCUT2D eigenvalue weighted by Gasteiger charge is -2.30. The zero-order valence-corrected chi connectivity index (χ0v) is 13.6. The van der Waals surface area contributed by atoms with Crippen molar-refractivity contribution in [2.75, 3.05) is 0 Å². The maximum absolute atomic E-state index is 12.4. The molecule has 120 valence electrons. The molecule has 4 unspecified atom stereocenters. The summed E-state index contributed by atoms with van der Waals surface area (Å²) in [6.07, 6.45) is 5.26. The molecule has 4 atom stereocenters. The quantitative estimate of drug-likeness (QED) is 0.916. The molecule has 2 nitrogen and oxygen atoms in total. The molecule has 2 aromatic carbocycles. The average Bonchev–Trinajstić information content (AvgIpc) is 3.30. The van der Waals surface area contributed by atoms with Gasteiger partial charge in [0.1, 0.15) is 0 Å². The van der Waals surface area contributed by atoms with Crippen LogP contribution in [0.1, 0.15) is 30.4 Å². The lowest BCUT2D eigenvalue weighted by Crippen LogP contribution is -2.37. The predicted molar refractivity (Wildman–Crippen MR) is 95.0 cm³/mol. The van der Waals surface area contributed by atoms with Crippen LogP contribution in [0.3, 0.4) is 0 Å². The molecule has 4 aliphatic rings. The van der Waals surface area contributed by atoms with Crippen LogP contribution in [0.15, 0.2) is 66.2 Å². The van der Waals surface area contributed by atoms with Crippen molar-refractivity contribution < 1.29 is 4.79 Å². The molecule has 0 aromatic heterocycles. The van der Waals surface area contributed by atoms with Gasteiger partial charge in [-0.15, -0.1) is 0 Å². The Morgan fingerprint density at radius 1 is 0.958 bits per heavy atom. The SMILES string of the molecule is NC(=O)C12CC3/C(=C/c4ccccc4)C1CC3(c1ccccc1)C2. The lowest BCUT2D eigenvalue weighted by atomic mass is 9.73. The van der Waals surface area contributed by atoms with Crippen molar-refractivity contribution in [1.29, 1.82) is 0 Å². The van der Waals surface area contributed by atoms with Gasteiger partial charge < -0.3 is 5.73 Å². The van der Waals surface area contributed by atoms with Gasteiger partial charge in [0.15, 0.2) is 0 Å². The summed E-state index contributed by atoms with van der Waals surface area (Å²) in [7, 11) is 0. The van der Waals surface area contributed by atoms with Crippen molar-refractivity contribution in [3.05, 3.63) is 77.4 Å². The summed E-state index contributed by atoms with van der Waals surface area (Å²) in [5.41, 5.74) is 9.78. The molecule has 4 aliphatic carbocycles. The largest absolute Gasteiger partial charge is 0.369 e. The maximum atomic E-state index is 12.4. The van der Waals surface area contributed by atoms with Crippen LogP contribution in [0.25, 0.3) is 6.08 Å². The van der Waals surface area contributed by atoms with Gasteiger partial charge in [0.2, 0.25) is 5.91 Å². The Balaban J connectivity index is 1.65. The second-order valence-corrected chi connectivity index (χ2v) is 7.79. The zero-order chi connectivity index (χ0) is 16.4. The van der Waals surface area contributed by atoms with E-state index in [9.17, 15) is 4.79 Å². The van der Waals surface area contributed by atoms with Crippen molar-refractivity contribution >= 4 is 12.0 Å². The monoisotopic (exact) mass is 315 g/mol. The Labute approximate surface area is 142 Å². The Bertz CT molecular complexity index is 841. The summed E-state index contributed by atoms with van der Waals surface area (Å²) in [6, 6.07) is 21.2. The Hall–Kier alpha value is -2.35. The van der Waals surface area contributed by atoms with E-state index in [2.05, 4.69) is 60.7 Å². The van der Waals surface area contributed by atoms with Crippen LogP contribution in [0.2, 0.25) is 0 Å². The first-order chi connectivity index (χ1) is 11.7. The summed E-state index contributed by atoms with van der Waals surface area (Å²) in [5.74, 6) is 0.683. The van der Waals surface area contributed by atoms with Crippen molar-refractivity contribution in [3.63, 3.8) is 0 Å². The average molecular weight is 315 g/mol. The summed E-state index contributed by atoms with van der Waals surface area (Å²) >= 11 is 0. The molecular formula is C22H21NO.